The molecule has 0 radical (unpaired) electrons. The number of aryl methyl sites for hydroxylation is 2. The lowest BCUT2D eigenvalue weighted by Gasteiger charge is -2.17. The quantitative estimate of drug-likeness (QED) is 0.551. The third-order valence-electron chi connectivity index (χ3n) is 5.08. The molecule has 0 aliphatic rings. The molecule has 0 aliphatic carbocycles. The average Bonchev–Trinajstić information content (AvgIpc) is 3.29. The van der Waals surface area contributed by atoms with Crippen molar-refractivity contribution in [1.29, 1.82) is 0 Å². The van der Waals surface area contributed by atoms with Crippen LogP contribution in [0.3, 0.4) is 0 Å². The van der Waals surface area contributed by atoms with Crippen LogP contribution in [0.5, 0.6) is 5.75 Å². The molecule has 132 valence electrons. The lowest BCUT2D eigenvalue weighted by molar-refractivity contribution is 0.415. The summed E-state index contributed by atoms with van der Waals surface area (Å²) in [7, 11) is 3.76. The highest BCUT2D eigenvalue weighted by molar-refractivity contribution is 5.85. The van der Waals surface area contributed by atoms with Gasteiger partial charge in [0.2, 0.25) is 0 Å². The Balaban J connectivity index is 1.74. The number of H-pyrrole nitrogens is 1. The zero-order valence-corrected chi connectivity index (χ0v) is 15.1. The van der Waals surface area contributed by atoms with E-state index in [1.54, 1.807) is 7.11 Å². The minimum absolute atomic E-state index is 0.300. The van der Waals surface area contributed by atoms with Gasteiger partial charge in [0.15, 0.2) is 0 Å². The topological polar surface area (TPSA) is 42.8 Å². The van der Waals surface area contributed by atoms with E-state index in [1.807, 2.05) is 18.5 Å². The van der Waals surface area contributed by atoms with Crippen molar-refractivity contribution >= 4 is 10.9 Å². The van der Waals surface area contributed by atoms with Gasteiger partial charge in [0, 0.05) is 48.9 Å². The highest BCUT2D eigenvalue weighted by Gasteiger charge is 2.19. The summed E-state index contributed by atoms with van der Waals surface area (Å²) >= 11 is 0. The molecule has 1 atom stereocenters. The maximum Gasteiger partial charge on any atom is 0.119 e. The molecule has 0 aliphatic heterocycles. The molecule has 2 heterocycles. The summed E-state index contributed by atoms with van der Waals surface area (Å²) in [6.45, 7) is 0. The van der Waals surface area contributed by atoms with Crippen LogP contribution in [0, 0.1) is 0 Å². The molecule has 0 amide bonds. The minimum Gasteiger partial charge on any atom is -0.497 e. The van der Waals surface area contributed by atoms with E-state index in [2.05, 4.69) is 70.2 Å². The Morgan fingerprint density at radius 3 is 2.73 bits per heavy atom. The number of methoxy groups -OCH3 is 1. The van der Waals surface area contributed by atoms with Crippen molar-refractivity contribution in [2.45, 2.75) is 18.8 Å². The maximum atomic E-state index is 5.44. The van der Waals surface area contributed by atoms with E-state index in [0.29, 0.717) is 5.92 Å². The van der Waals surface area contributed by atoms with Gasteiger partial charge in [0.1, 0.15) is 11.6 Å². The van der Waals surface area contributed by atoms with Crippen molar-refractivity contribution in [3.63, 3.8) is 0 Å². The molecule has 26 heavy (non-hydrogen) atoms. The summed E-state index contributed by atoms with van der Waals surface area (Å²) in [6.07, 6.45) is 7.94. The van der Waals surface area contributed by atoms with Crippen LogP contribution < -0.4 is 4.74 Å². The second kappa shape index (κ2) is 7.08. The summed E-state index contributed by atoms with van der Waals surface area (Å²) in [4.78, 5) is 7.91. The Labute approximate surface area is 153 Å². The zero-order chi connectivity index (χ0) is 17.9. The van der Waals surface area contributed by atoms with E-state index in [-0.39, 0.29) is 0 Å². The fourth-order valence-electron chi connectivity index (χ4n) is 3.63. The van der Waals surface area contributed by atoms with Gasteiger partial charge < -0.3 is 14.3 Å². The molecule has 0 fully saturated rings. The van der Waals surface area contributed by atoms with Gasteiger partial charge >= 0.3 is 0 Å². The van der Waals surface area contributed by atoms with Gasteiger partial charge in [-0.1, -0.05) is 30.3 Å². The van der Waals surface area contributed by atoms with Crippen molar-refractivity contribution in [2.24, 2.45) is 7.05 Å². The van der Waals surface area contributed by atoms with Gasteiger partial charge in [0.05, 0.1) is 7.11 Å². The average molecular weight is 345 g/mol. The van der Waals surface area contributed by atoms with Crippen LogP contribution in [-0.4, -0.2) is 21.6 Å². The first-order valence-corrected chi connectivity index (χ1v) is 8.92. The first-order chi connectivity index (χ1) is 12.8. The van der Waals surface area contributed by atoms with Crippen LogP contribution >= 0.6 is 0 Å². The molecule has 0 spiro atoms. The van der Waals surface area contributed by atoms with Crippen molar-refractivity contribution in [2.75, 3.05) is 7.11 Å². The summed E-state index contributed by atoms with van der Waals surface area (Å²) < 4.78 is 7.54. The third kappa shape index (κ3) is 3.10. The summed E-state index contributed by atoms with van der Waals surface area (Å²) in [5.41, 5.74) is 3.77. The smallest absolute Gasteiger partial charge is 0.119 e. The van der Waals surface area contributed by atoms with Gasteiger partial charge in [-0.3, -0.25) is 0 Å². The Morgan fingerprint density at radius 1 is 1.15 bits per heavy atom. The van der Waals surface area contributed by atoms with Crippen LogP contribution in [0.4, 0.5) is 0 Å². The fourth-order valence-corrected chi connectivity index (χ4v) is 3.63. The Morgan fingerprint density at radius 2 is 2.00 bits per heavy atom. The number of hydrogen-bond acceptors (Lipinski definition) is 2. The predicted octanol–water partition coefficient (Wildman–Crippen LogP) is 4.67. The molecule has 1 N–H and O–H groups in total. The fraction of sp³-hybridized carbons (Fsp3) is 0.227. The summed E-state index contributed by atoms with van der Waals surface area (Å²) in [5, 5.41) is 1.22. The lowest BCUT2D eigenvalue weighted by atomic mass is 9.87. The van der Waals surface area contributed by atoms with E-state index in [0.717, 1.165) is 29.9 Å². The Hall–Kier alpha value is -3.01. The summed E-state index contributed by atoms with van der Waals surface area (Å²) in [5.74, 6) is 2.30. The molecule has 0 saturated heterocycles. The molecule has 4 aromatic rings. The molecule has 4 nitrogen and oxygen atoms in total. The number of nitrogens with one attached hydrogen (secondary N) is 1. The highest BCUT2D eigenvalue weighted by Crippen LogP contribution is 2.35. The van der Waals surface area contributed by atoms with Gasteiger partial charge in [-0.15, -0.1) is 0 Å². The standard InChI is InChI=1S/C22H23N3O/c1-25-13-12-23-22(25)11-9-18(16-6-4-3-5-7-16)20-15-24-21-10-8-17(26-2)14-19(20)21/h3-8,10,12-15,18,24H,9,11H2,1-2H3. The molecule has 2 aromatic carbocycles. The molecular weight excluding hydrogens is 322 g/mol. The Bertz CT molecular complexity index is 1000. The van der Waals surface area contributed by atoms with Crippen LogP contribution in [-0.2, 0) is 13.5 Å². The van der Waals surface area contributed by atoms with Crippen molar-refractivity contribution in [3.05, 3.63) is 84.1 Å². The monoisotopic (exact) mass is 345 g/mol. The molecular formula is C22H23N3O. The molecule has 4 heteroatoms. The van der Waals surface area contributed by atoms with E-state index in [1.165, 1.54) is 16.5 Å². The number of hydrogen-bond donors (Lipinski definition) is 1. The van der Waals surface area contributed by atoms with Gasteiger partial charge in [-0.05, 0) is 35.7 Å². The predicted molar refractivity (Wildman–Crippen MR) is 105 cm³/mol. The minimum atomic E-state index is 0.300. The number of aromatic amines is 1. The van der Waals surface area contributed by atoms with Gasteiger partial charge in [-0.2, -0.15) is 0 Å². The number of nitrogens with zero attached hydrogens (tertiary/aromatic N) is 2. The number of fused-ring (bicyclic) bond motifs is 1. The molecule has 1 unspecified atom stereocenters. The normalized spacial score (nSPS) is 12.4. The largest absolute Gasteiger partial charge is 0.497 e. The maximum absolute atomic E-state index is 5.44. The molecule has 4 rings (SSSR count). The molecule has 0 bridgehead atoms. The number of benzene rings is 2. The van der Waals surface area contributed by atoms with E-state index < -0.39 is 0 Å². The summed E-state index contributed by atoms with van der Waals surface area (Å²) in [6, 6.07) is 16.9. The van der Waals surface area contributed by atoms with Gasteiger partial charge in [0.25, 0.3) is 0 Å². The third-order valence-corrected chi connectivity index (χ3v) is 5.08. The lowest BCUT2D eigenvalue weighted by Crippen LogP contribution is -2.05. The Kier molecular flexibility index (Phi) is 4.48. The van der Waals surface area contributed by atoms with Crippen molar-refractivity contribution in [3.8, 4) is 5.75 Å². The van der Waals surface area contributed by atoms with Crippen LogP contribution in [0.15, 0.2) is 67.1 Å². The number of aromatic nitrogens is 3. The van der Waals surface area contributed by atoms with Gasteiger partial charge in [-0.25, -0.2) is 4.98 Å². The van der Waals surface area contributed by atoms with E-state index in [4.69, 9.17) is 4.74 Å². The van der Waals surface area contributed by atoms with E-state index >= 15 is 0 Å². The van der Waals surface area contributed by atoms with Crippen LogP contribution in [0.1, 0.15) is 29.3 Å². The van der Waals surface area contributed by atoms with Crippen molar-refractivity contribution in [1.82, 2.24) is 14.5 Å². The van der Waals surface area contributed by atoms with Crippen LogP contribution in [0.25, 0.3) is 10.9 Å². The van der Waals surface area contributed by atoms with Crippen molar-refractivity contribution < 1.29 is 4.74 Å². The second-order valence-corrected chi connectivity index (χ2v) is 6.61. The first-order valence-electron chi connectivity index (χ1n) is 8.92. The SMILES string of the molecule is COc1ccc2[nH]cc(C(CCc3nccn3C)c3ccccc3)c2c1. The second-order valence-electron chi connectivity index (χ2n) is 6.61. The number of rotatable bonds is 6. The highest BCUT2D eigenvalue weighted by atomic mass is 16.5. The molecule has 2 aromatic heterocycles. The van der Waals surface area contributed by atoms with Crippen LogP contribution in [0.2, 0.25) is 0 Å². The zero-order valence-electron chi connectivity index (χ0n) is 15.1. The molecule has 0 saturated carbocycles. The van der Waals surface area contributed by atoms with E-state index in [9.17, 15) is 0 Å². The first kappa shape index (κ1) is 16.5. The number of ether oxygens (including phenoxy) is 1. The number of imidazole rings is 1.